The summed E-state index contributed by atoms with van der Waals surface area (Å²) in [4.78, 5) is 17.5. The first kappa shape index (κ1) is 21.9. The predicted molar refractivity (Wildman–Crippen MR) is 110 cm³/mol. The van der Waals surface area contributed by atoms with Crippen LogP contribution in [0.15, 0.2) is 34.2 Å². The number of rotatable bonds is 11. The van der Waals surface area contributed by atoms with E-state index in [-0.39, 0.29) is 17.4 Å². The number of nitrogens with one attached hydrogen (secondary N) is 1. The van der Waals surface area contributed by atoms with Crippen molar-refractivity contribution >= 4 is 32.7 Å². The highest BCUT2D eigenvalue weighted by Gasteiger charge is 2.12. The van der Waals surface area contributed by atoms with Crippen molar-refractivity contribution in [1.82, 2.24) is 14.3 Å². The van der Waals surface area contributed by atoms with Crippen LogP contribution in [0.1, 0.15) is 26.7 Å². The largest absolute Gasteiger partial charge is 0.379 e. The molecule has 0 aliphatic heterocycles. The summed E-state index contributed by atoms with van der Waals surface area (Å²) in [5.41, 5.74) is 0.582. The van der Waals surface area contributed by atoms with E-state index in [9.17, 15) is 13.2 Å². The minimum absolute atomic E-state index is 0.0521. The molecule has 7 nitrogen and oxygen atoms in total. The van der Waals surface area contributed by atoms with E-state index < -0.39 is 10.0 Å². The lowest BCUT2D eigenvalue weighted by molar-refractivity contribution is 0.0743. The molecular weight excluding hydrogens is 386 g/mol. The number of benzene rings is 1. The average Bonchev–Trinajstić information content (AvgIpc) is 2.64. The third-order valence-corrected chi connectivity index (χ3v) is 6.41. The molecule has 2 rings (SSSR count). The fourth-order valence-corrected chi connectivity index (χ4v) is 4.39. The molecule has 1 N–H and O–H groups in total. The first-order valence-electron chi connectivity index (χ1n) is 8.99. The number of thioether (sulfide) groups is 1. The molecule has 27 heavy (non-hydrogen) atoms. The Balaban J connectivity index is 2.16. The van der Waals surface area contributed by atoms with Crippen molar-refractivity contribution in [2.45, 2.75) is 44.5 Å². The smallest absolute Gasteiger partial charge is 0.262 e. The van der Waals surface area contributed by atoms with Gasteiger partial charge in [0.25, 0.3) is 5.56 Å². The molecule has 0 atom stereocenters. The molecule has 9 heteroatoms. The topological polar surface area (TPSA) is 90.3 Å². The van der Waals surface area contributed by atoms with Gasteiger partial charge in [-0.05, 0) is 45.9 Å². The van der Waals surface area contributed by atoms with Crippen LogP contribution < -0.4 is 10.3 Å². The molecule has 0 radical (unpaired) electrons. The van der Waals surface area contributed by atoms with Gasteiger partial charge in [0.1, 0.15) is 0 Å². The van der Waals surface area contributed by atoms with Gasteiger partial charge in [-0.2, -0.15) is 0 Å². The zero-order valence-electron chi connectivity index (χ0n) is 16.0. The Morgan fingerprint density at radius 2 is 2.00 bits per heavy atom. The van der Waals surface area contributed by atoms with Gasteiger partial charge in [-0.1, -0.05) is 23.9 Å². The number of hydrogen-bond donors (Lipinski definition) is 1. The lowest BCUT2D eigenvalue weighted by atomic mass is 10.2. The Labute approximate surface area is 164 Å². The molecular formula is C18H27N3O4S2. The lowest BCUT2D eigenvalue weighted by Crippen LogP contribution is -2.25. The average molecular weight is 414 g/mol. The summed E-state index contributed by atoms with van der Waals surface area (Å²) in [5.74, 6) is 0.616. The van der Waals surface area contributed by atoms with Crippen molar-refractivity contribution in [3.63, 3.8) is 0 Å². The normalized spacial score (nSPS) is 12.1. The van der Waals surface area contributed by atoms with Crippen LogP contribution in [0.4, 0.5) is 0 Å². The van der Waals surface area contributed by atoms with E-state index in [0.29, 0.717) is 47.8 Å². The van der Waals surface area contributed by atoms with Crippen LogP contribution in [0.2, 0.25) is 0 Å². The molecule has 0 bridgehead atoms. The highest BCUT2D eigenvalue weighted by atomic mass is 32.2. The van der Waals surface area contributed by atoms with E-state index in [0.717, 1.165) is 0 Å². The number of para-hydroxylation sites is 1. The van der Waals surface area contributed by atoms with E-state index >= 15 is 0 Å². The van der Waals surface area contributed by atoms with Crippen molar-refractivity contribution in [3.05, 3.63) is 34.6 Å². The Morgan fingerprint density at radius 1 is 1.26 bits per heavy atom. The van der Waals surface area contributed by atoms with Crippen molar-refractivity contribution in [2.75, 3.05) is 25.2 Å². The zero-order valence-corrected chi connectivity index (χ0v) is 17.6. The van der Waals surface area contributed by atoms with Gasteiger partial charge in [0, 0.05) is 18.9 Å². The van der Waals surface area contributed by atoms with Crippen LogP contribution >= 0.6 is 11.8 Å². The molecule has 0 aliphatic carbocycles. The van der Waals surface area contributed by atoms with Crippen LogP contribution in [0.5, 0.6) is 0 Å². The van der Waals surface area contributed by atoms with Crippen LogP contribution in [-0.2, 0) is 21.3 Å². The van der Waals surface area contributed by atoms with Gasteiger partial charge in [-0.3, -0.25) is 9.36 Å². The number of nitrogens with zero attached hydrogens (tertiary/aromatic N) is 2. The zero-order chi connectivity index (χ0) is 19.9. The highest BCUT2D eigenvalue weighted by molar-refractivity contribution is 7.99. The number of fused-ring (bicyclic) bond motifs is 1. The molecule has 0 saturated carbocycles. The quantitative estimate of drug-likeness (QED) is 0.345. The fourth-order valence-electron chi connectivity index (χ4n) is 2.51. The van der Waals surface area contributed by atoms with Gasteiger partial charge in [0.05, 0.1) is 22.8 Å². The molecule has 0 spiro atoms. The Kier molecular flexibility index (Phi) is 8.28. The summed E-state index contributed by atoms with van der Waals surface area (Å²) < 4.78 is 32.6. The van der Waals surface area contributed by atoms with E-state index in [1.807, 2.05) is 32.0 Å². The van der Waals surface area contributed by atoms with Gasteiger partial charge in [-0.15, -0.1) is 0 Å². The maximum absolute atomic E-state index is 12.9. The van der Waals surface area contributed by atoms with Gasteiger partial charge < -0.3 is 4.74 Å². The van der Waals surface area contributed by atoms with Crippen LogP contribution in [-0.4, -0.2) is 49.2 Å². The van der Waals surface area contributed by atoms with Gasteiger partial charge in [-0.25, -0.2) is 18.1 Å². The van der Waals surface area contributed by atoms with Crippen molar-refractivity contribution < 1.29 is 13.2 Å². The number of ether oxygens (including phenoxy) is 1. The molecule has 0 amide bonds. The minimum Gasteiger partial charge on any atom is -0.379 e. The van der Waals surface area contributed by atoms with Crippen molar-refractivity contribution in [2.24, 2.45) is 0 Å². The summed E-state index contributed by atoms with van der Waals surface area (Å²) >= 11 is 1.41. The number of hydrogen-bond acceptors (Lipinski definition) is 6. The molecule has 0 unspecified atom stereocenters. The number of aromatic nitrogens is 2. The van der Waals surface area contributed by atoms with Crippen LogP contribution in [0.3, 0.4) is 0 Å². The maximum atomic E-state index is 12.9. The SMILES string of the molecule is CNS(=O)(=O)CCCSc1nc2ccccc2c(=O)n1CCCOC(C)C. The summed E-state index contributed by atoms with van der Waals surface area (Å²) in [6.45, 7) is 5.04. The second-order valence-corrected chi connectivity index (χ2v) is 9.47. The molecule has 150 valence electrons. The van der Waals surface area contributed by atoms with E-state index in [2.05, 4.69) is 9.71 Å². The molecule has 0 aliphatic rings. The highest BCUT2D eigenvalue weighted by Crippen LogP contribution is 2.19. The summed E-state index contributed by atoms with van der Waals surface area (Å²) in [7, 11) is -1.81. The monoisotopic (exact) mass is 413 g/mol. The second-order valence-electron chi connectivity index (χ2n) is 6.37. The van der Waals surface area contributed by atoms with Crippen LogP contribution in [0, 0.1) is 0 Å². The molecule has 0 saturated heterocycles. The van der Waals surface area contributed by atoms with E-state index in [4.69, 9.17) is 4.74 Å². The summed E-state index contributed by atoms with van der Waals surface area (Å²) in [6.07, 6.45) is 1.34. The Bertz CT molecular complexity index is 910. The molecule has 1 aromatic heterocycles. The lowest BCUT2D eigenvalue weighted by Gasteiger charge is -2.14. The summed E-state index contributed by atoms with van der Waals surface area (Å²) in [5, 5.41) is 1.20. The predicted octanol–water partition coefficient (Wildman–Crippen LogP) is 2.24. The van der Waals surface area contributed by atoms with Crippen molar-refractivity contribution in [3.8, 4) is 0 Å². The molecule has 2 aromatic rings. The third kappa shape index (κ3) is 6.60. The Hall–Kier alpha value is -1.42. The van der Waals surface area contributed by atoms with Gasteiger partial charge >= 0.3 is 0 Å². The molecule has 0 fully saturated rings. The van der Waals surface area contributed by atoms with Crippen molar-refractivity contribution in [1.29, 1.82) is 0 Å². The standard InChI is InChI=1S/C18H27N3O4S2/c1-14(2)25-11-6-10-21-17(22)15-8-4-5-9-16(15)20-18(21)26-12-7-13-27(23,24)19-3/h4-5,8-9,14,19H,6-7,10-13H2,1-3H3. The van der Waals surface area contributed by atoms with E-state index in [1.54, 1.807) is 10.6 Å². The van der Waals surface area contributed by atoms with Gasteiger partial charge in [0.2, 0.25) is 10.0 Å². The van der Waals surface area contributed by atoms with Crippen LogP contribution in [0.25, 0.3) is 10.9 Å². The first-order chi connectivity index (χ1) is 12.8. The van der Waals surface area contributed by atoms with E-state index in [1.165, 1.54) is 18.8 Å². The fraction of sp³-hybridized carbons (Fsp3) is 0.556. The Morgan fingerprint density at radius 3 is 2.70 bits per heavy atom. The first-order valence-corrected chi connectivity index (χ1v) is 11.6. The molecule has 1 heterocycles. The third-order valence-electron chi connectivity index (χ3n) is 3.90. The second kappa shape index (κ2) is 10.2. The number of sulfonamides is 1. The minimum atomic E-state index is -3.22. The summed E-state index contributed by atoms with van der Waals surface area (Å²) in [6, 6.07) is 7.27. The maximum Gasteiger partial charge on any atom is 0.262 e. The molecule has 1 aromatic carbocycles. The van der Waals surface area contributed by atoms with Gasteiger partial charge in [0.15, 0.2) is 5.16 Å².